The van der Waals surface area contributed by atoms with Crippen LogP contribution in [-0.2, 0) is 0 Å². The van der Waals surface area contributed by atoms with E-state index in [0.717, 1.165) is 24.8 Å². The molecule has 0 aromatic heterocycles. The molecule has 3 heteroatoms. The summed E-state index contributed by atoms with van der Waals surface area (Å²) in [5.74, 6) is 1.74. The molecule has 86 valence electrons. The molecule has 1 aliphatic heterocycles. The average molecular weight is 209 g/mol. The number of rotatable bonds is 3. The van der Waals surface area contributed by atoms with E-state index in [-0.39, 0.29) is 0 Å². The van der Waals surface area contributed by atoms with Crippen molar-refractivity contribution in [1.82, 2.24) is 5.32 Å². The second-order valence-corrected chi connectivity index (χ2v) is 3.85. The second kappa shape index (κ2) is 6.72. The van der Waals surface area contributed by atoms with Gasteiger partial charge in [0.25, 0.3) is 0 Å². The van der Waals surface area contributed by atoms with E-state index in [1.165, 1.54) is 31.4 Å². The minimum absolute atomic E-state index is 0.748. The maximum atomic E-state index is 4.56. The van der Waals surface area contributed by atoms with Crippen LogP contribution in [0.2, 0.25) is 0 Å². The number of hydrogen-bond acceptors (Lipinski definition) is 3. The SMILES string of the molecule is CC.CNCC1=NCC(C2CCCC2)=N1. The zero-order valence-corrected chi connectivity index (χ0v) is 10.2. The van der Waals surface area contributed by atoms with Crippen molar-refractivity contribution >= 4 is 11.5 Å². The molecule has 0 amide bonds. The fourth-order valence-electron chi connectivity index (χ4n) is 2.14. The number of hydrogen-bond donors (Lipinski definition) is 1. The van der Waals surface area contributed by atoms with Crippen LogP contribution in [0.1, 0.15) is 39.5 Å². The topological polar surface area (TPSA) is 36.8 Å². The third kappa shape index (κ3) is 3.42. The predicted octanol–water partition coefficient (Wildman–Crippen LogP) is 2.28. The van der Waals surface area contributed by atoms with Crippen molar-refractivity contribution in [3.8, 4) is 0 Å². The van der Waals surface area contributed by atoms with Crippen LogP contribution in [0.5, 0.6) is 0 Å². The lowest BCUT2D eigenvalue weighted by molar-refractivity contribution is 0.723. The summed E-state index contributed by atoms with van der Waals surface area (Å²) in [5, 5.41) is 3.08. The second-order valence-electron chi connectivity index (χ2n) is 3.85. The van der Waals surface area contributed by atoms with Crippen molar-refractivity contribution in [3.05, 3.63) is 0 Å². The molecule has 0 saturated heterocycles. The molecule has 0 spiro atoms. The molecule has 2 aliphatic rings. The van der Waals surface area contributed by atoms with Crippen LogP contribution in [-0.4, -0.2) is 31.7 Å². The van der Waals surface area contributed by atoms with Gasteiger partial charge < -0.3 is 5.32 Å². The van der Waals surface area contributed by atoms with E-state index in [1.54, 1.807) is 0 Å². The fourth-order valence-corrected chi connectivity index (χ4v) is 2.14. The summed E-state index contributed by atoms with van der Waals surface area (Å²) < 4.78 is 0. The van der Waals surface area contributed by atoms with Crippen LogP contribution in [0.15, 0.2) is 9.98 Å². The van der Waals surface area contributed by atoms with Crippen molar-refractivity contribution in [2.75, 3.05) is 20.1 Å². The number of likely N-dealkylation sites (N-methyl/N-ethyl adjacent to an activating group) is 1. The number of amidine groups is 1. The van der Waals surface area contributed by atoms with Gasteiger partial charge in [0, 0.05) is 5.71 Å². The molecule has 0 unspecified atom stereocenters. The van der Waals surface area contributed by atoms with E-state index in [1.807, 2.05) is 20.9 Å². The summed E-state index contributed by atoms with van der Waals surface area (Å²) in [5.41, 5.74) is 1.34. The first kappa shape index (κ1) is 12.4. The van der Waals surface area contributed by atoms with Crippen LogP contribution in [0, 0.1) is 5.92 Å². The highest BCUT2D eigenvalue weighted by molar-refractivity contribution is 6.05. The Labute approximate surface area is 93.1 Å². The largest absolute Gasteiger partial charge is 0.313 e. The number of aliphatic imine (C=N–C) groups is 2. The lowest BCUT2D eigenvalue weighted by atomic mass is 10.0. The van der Waals surface area contributed by atoms with Crippen LogP contribution in [0.4, 0.5) is 0 Å². The lowest BCUT2D eigenvalue weighted by Gasteiger charge is -2.06. The van der Waals surface area contributed by atoms with Crippen molar-refractivity contribution in [2.24, 2.45) is 15.9 Å². The Balaban J connectivity index is 0.000000531. The summed E-state index contributed by atoms with van der Waals surface area (Å²) in [7, 11) is 1.94. The van der Waals surface area contributed by atoms with Gasteiger partial charge in [-0.2, -0.15) is 0 Å². The molecule has 3 nitrogen and oxygen atoms in total. The Bertz CT molecular complexity index is 237. The summed E-state index contributed by atoms with van der Waals surface area (Å²) in [6.07, 6.45) is 5.43. The molecule has 1 heterocycles. The Hall–Kier alpha value is -0.700. The zero-order chi connectivity index (χ0) is 11.1. The highest BCUT2D eigenvalue weighted by Gasteiger charge is 2.23. The Kier molecular flexibility index (Phi) is 5.54. The summed E-state index contributed by atoms with van der Waals surface area (Å²) in [6, 6.07) is 0. The van der Waals surface area contributed by atoms with Gasteiger partial charge in [-0.05, 0) is 25.8 Å². The van der Waals surface area contributed by atoms with Gasteiger partial charge in [0.05, 0.1) is 13.1 Å². The standard InChI is InChI=1S/C10H17N3.C2H6/c1-11-7-10-12-6-9(13-10)8-4-2-3-5-8;1-2/h8,11H,2-7H2,1H3;1-2H3. The van der Waals surface area contributed by atoms with Gasteiger partial charge in [-0.25, -0.2) is 4.99 Å². The van der Waals surface area contributed by atoms with Gasteiger partial charge in [-0.15, -0.1) is 0 Å². The highest BCUT2D eigenvalue weighted by atomic mass is 15.0. The molecule has 0 radical (unpaired) electrons. The highest BCUT2D eigenvalue weighted by Crippen LogP contribution is 2.27. The van der Waals surface area contributed by atoms with E-state index in [0.29, 0.717) is 0 Å². The van der Waals surface area contributed by atoms with Gasteiger partial charge in [0.2, 0.25) is 0 Å². The molecular weight excluding hydrogens is 186 g/mol. The molecule has 2 rings (SSSR count). The van der Waals surface area contributed by atoms with Gasteiger partial charge in [0.15, 0.2) is 0 Å². The van der Waals surface area contributed by atoms with E-state index in [4.69, 9.17) is 0 Å². The van der Waals surface area contributed by atoms with Crippen molar-refractivity contribution < 1.29 is 0 Å². The average Bonchev–Trinajstić information content (AvgIpc) is 2.89. The van der Waals surface area contributed by atoms with Crippen molar-refractivity contribution in [3.63, 3.8) is 0 Å². The molecule has 0 atom stereocenters. The third-order valence-electron chi connectivity index (χ3n) is 2.86. The van der Waals surface area contributed by atoms with E-state index in [2.05, 4.69) is 15.3 Å². The minimum atomic E-state index is 0.748. The van der Waals surface area contributed by atoms with Crippen LogP contribution >= 0.6 is 0 Å². The Morgan fingerprint density at radius 1 is 1.27 bits per heavy atom. The molecule has 1 N–H and O–H groups in total. The number of nitrogens with zero attached hydrogens (tertiary/aromatic N) is 2. The lowest BCUT2D eigenvalue weighted by Crippen LogP contribution is -2.16. The molecule has 0 bridgehead atoms. The molecule has 0 aromatic rings. The summed E-state index contributed by atoms with van der Waals surface area (Å²) in [4.78, 5) is 8.97. The normalized spacial score (nSPS) is 20.7. The minimum Gasteiger partial charge on any atom is -0.313 e. The molecule has 1 saturated carbocycles. The van der Waals surface area contributed by atoms with Crippen LogP contribution in [0.3, 0.4) is 0 Å². The van der Waals surface area contributed by atoms with Gasteiger partial charge in [-0.3, -0.25) is 4.99 Å². The van der Waals surface area contributed by atoms with Crippen LogP contribution < -0.4 is 5.32 Å². The van der Waals surface area contributed by atoms with Gasteiger partial charge in [-0.1, -0.05) is 26.7 Å². The first-order chi connectivity index (χ1) is 7.40. The van der Waals surface area contributed by atoms with E-state index < -0.39 is 0 Å². The maximum absolute atomic E-state index is 4.56. The quantitative estimate of drug-likeness (QED) is 0.760. The summed E-state index contributed by atoms with van der Waals surface area (Å²) in [6.45, 7) is 5.68. The molecule has 15 heavy (non-hydrogen) atoms. The maximum Gasteiger partial charge on any atom is 0.137 e. The molecule has 1 aliphatic carbocycles. The Morgan fingerprint density at radius 2 is 1.93 bits per heavy atom. The molecule has 0 aromatic carbocycles. The van der Waals surface area contributed by atoms with E-state index in [9.17, 15) is 0 Å². The first-order valence-corrected chi connectivity index (χ1v) is 6.15. The van der Waals surface area contributed by atoms with Crippen molar-refractivity contribution in [1.29, 1.82) is 0 Å². The van der Waals surface area contributed by atoms with Crippen LogP contribution in [0.25, 0.3) is 0 Å². The molecular formula is C12H23N3. The van der Waals surface area contributed by atoms with Gasteiger partial charge >= 0.3 is 0 Å². The molecule has 1 fully saturated rings. The summed E-state index contributed by atoms with van der Waals surface area (Å²) >= 11 is 0. The smallest absolute Gasteiger partial charge is 0.137 e. The van der Waals surface area contributed by atoms with Crippen molar-refractivity contribution in [2.45, 2.75) is 39.5 Å². The van der Waals surface area contributed by atoms with Gasteiger partial charge in [0.1, 0.15) is 5.84 Å². The fraction of sp³-hybridized carbons (Fsp3) is 0.833. The predicted molar refractivity (Wildman–Crippen MR) is 67.0 cm³/mol. The van der Waals surface area contributed by atoms with E-state index >= 15 is 0 Å². The number of nitrogens with one attached hydrogen (secondary N) is 1. The third-order valence-corrected chi connectivity index (χ3v) is 2.86. The first-order valence-electron chi connectivity index (χ1n) is 6.15. The zero-order valence-electron chi connectivity index (χ0n) is 10.2. The monoisotopic (exact) mass is 209 g/mol. The Morgan fingerprint density at radius 3 is 2.53 bits per heavy atom.